The lowest BCUT2D eigenvalue weighted by Gasteiger charge is -2.30. The fourth-order valence-electron chi connectivity index (χ4n) is 4.60. The van der Waals surface area contributed by atoms with Crippen molar-refractivity contribution in [2.24, 2.45) is 5.92 Å². The van der Waals surface area contributed by atoms with Gasteiger partial charge in [0.25, 0.3) is 5.91 Å². The van der Waals surface area contributed by atoms with Gasteiger partial charge in [-0.2, -0.15) is 4.31 Å². The molecular weight excluding hydrogens is 398 g/mol. The maximum atomic E-state index is 12.8. The third kappa shape index (κ3) is 4.53. The summed E-state index contributed by atoms with van der Waals surface area (Å²) in [6.45, 7) is 3.30. The minimum atomic E-state index is -3.47. The van der Waals surface area contributed by atoms with Gasteiger partial charge in [0.15, 0.2) is 0 Å². The molecule has 2 atom stereocenters. The van der Waals surface area contributed by atoms with E-state index in [-0.39, 0.29) is 29.3 Å². The molecule has 3 saturated heterocycles. The monoisotopic (exact) mass is 427 g/mol. The van der Waals surface area contributed by atoms with Crippen LogP contribution in [0.4, 0.5) is 0 Å². The average molecular weight is 428 g/mol. The molecule has 0 radical (unpaired) electrons. The van der Waals surface area contributed by atoms with E-state index < -0.39 is 10.0 Å². The number of amides is 1. The first-order chi connectivity index (χ1) is 12.9. The number of rotatable bonds is 4. The molecule has 0 aliphatic carbocycles. The van der Waals surface area contributed by atoms with Crippen molar-refractivity contribution in [3.05, 3.63) is 29.8 Å². The molecule has 28 heavy (non-hydrogen) atoms. The average Bonchev–Trinajstić information content (AvgIpc) is 3.00. The van der Waals surface area contributed by atoms with Crippen molar-refractivity contribution < 1.29 is 13.2 Å². The van der Waals surface area contributed by atoms with Crippen LogP contribution in [0, 0.1) is 5.92 Å². The first-order valence-corrected chi connectivity index (χ1v) is 11.5. The SMILES string of the molecule is CC1CCN(S(=O)(=O)c2ccc(C(=O)NC3CC4CCC(C3)N4)cc2)CC1.Cl. The van der Waals surface area contributed by atoms with E-state index in [1.165, 1.54) is 12.8 Å². The zero-order chi connectivity index (χ0) is 19.0. The Morgan fingerprint density at radius 2 is 1.61 bits per heavy atom. The summed E-state index contributed by atoms with van der Waals surface area (Å²) in [7, 11) is -3.47. The van der Waals surface area contributed by atoms with E-state index in [1.54, 1.807) is 28.6 Å². The predicted molar refractivity (Wildman–Crippen MR) is 111 cm³/mol. The Kier molecular flexibility index (Phi) is 6.69. The lowest BCUT2D eigenvalue weighted by atomic mass is 9.99. The molecule has 1 aromatic rings. The molecular formula is C20H30ClN3O3S. The van der Waals surface area contributed by atoms with Crippen LogP contribution < -0.4 is 10.6 Å². The summed E-state index contributed by atoms with van der Waals surface area (Å²) < 4.78 is 27.1. The lowest BCUT2D eigenvalue weighted by molar-refractivity contribution is 0.0924. The van der Waals surface area contributed by atoms with Gasteiger partial charge in [0.2, 0.25) is 10.0 Å². The summed E-state index contributed by atoms with van der Waals surface area (Å²) in [5.74, 6) is 0.463. The summed E-state index contributed by atoms with van der Waals surface area (Å²) >= 11 is 0. The van der Waals surface area contributed by atoms with Crippen LogP contribution in [0.1, 0.15) is 55.8 Å². The molecule has 0 aromatic heterocycles. The molecule has 2 bridgehead atoms. The zero-order valence-electron chi connectivity index (χ0n) is 16.3. The summed E-state index contributed by atoms with van der Waals surface area (Å²) in [6.07, 6.45) is 6.14. The number of fused-ring (bicyclic) bond motifs is 2. The van der Waals surface area contributed by atoms with E-state index in [2.05, 4.69) is 17.6 Å². The van der Waals surface area contributed by atoms with Crippen LogP contribution in [0.2, 0.25) is 0 Å². The van der Waals surface area contributed by atoms with Crippen LogP contribution in [0.25, 0.3) is 0 Å². The normalized spacial score (nSPS) is 28.5. The van der Waals surface area contributed by atoms with E-state index in [0.717, 1.165) is 25.7 Å². The fourth-order valence-corrected chi connectivity index (χ4v) is 6.07. The first kappa shape index (κ1) is 21.6. The highest BCUT2D eigenvalue weighted by Crippen LogP contribution is 2.27. The van der Waals surface area contributed by atoms with Crippen LogP contribution >= 0.6 is 12.4 Å². The smallest absolute Gasteiger partial charge is 0.251 e. The van der Waals surface area contributed by atoms with Gasteiger partial charge in [-0.25, -0.2) is 8.42 Å². The molecule has 6 nitrogen and oxygen atoms in total. The van der Waals surface area contributed by atoms with Crippen molar-refractivity contribution in [1.82, 2.24) is 14.9 Å². The Balaban J connectivity index is 0.00000225. The Hall–Kier alpha value is -1.15. The van der Waals surface area contributed by atoms with Crippen molar-refractivity contribution in [3.8, 4) is 0 Å². The quantitative estimate of drug-likeness (QED) is 0.773. The highest BCUT2D eigenvalue weighted by Gasteiger charge is 2.34. The van der Waals surface area contributed by atoms with E-state index in [4.69, 9.17) is 0 Å². The third-order valence-electron chi connectivity index (χ3n) is 6.31. The topological polar surface area (TPSA) is 78.5 Å². The molecule has 1 amide bonds. The largest absolute Gasteiger partial charge is 0.349 e. The van der Waals surface area contributed by atoms with Gasteiger partial charge in [-0.1, -0.05) is 6.92 Å². The highest BCUT2D eigenvalue weighted by molar-refractivity contribution is 7.89. The minimum Gasteiger partial charge on any atom is -0.349 e. The number of carbonyl (C=O) groups is 1. The Bertz CT molecular complexity index is 779. The van der Waals surface area contributed by atoms with E-state index in [9.17, 15) is 13.2 Å². The molecule has 2 N–H and O–H groups in total. The molecule has 8 heteroatoms. The van der Waals surface area contributed by atoms with Crippen molar-refractivity contribution in [1.29, 1.82) is 0 Å². The highest BCUT2D eigenvalue weighted by atomic mass is 35.5. The molecule has 3 aliphatic heterocycles. The molecule has 2 unspecified atom stereocenters. The van der Waals surface area contributed by atoms with Gasteiger partial charge in [0, 0.05) is 36.8 Å². The van der Waals surface area contributed by atoms with Crippen LogP contribution in [0.3, 0.4) is 0 Å². The number of benzene rings is 1. The molecule has 3 heterocycles. The Labute approximate surface area is 173 Å². The van der Waals surface area contributed by atoms with E-state index in [0.29, 0.717) is 36.7 Å². The fraction of sp³-hybridized carbons (Fsp3) is 0.650. The van der Waals surface area contributed by atoms with Gasteiger partial charge in [-0.3, -0.25) is 4.79 Å². The summed E-state index contributed by atoms with van der Waals surface area (Å²) in [6, 6.07) is 7.63. The third-order valence-corrected chi connectivity index (χ3v) is 8.22. The Morgan fingerprint density at radius 1 is 1.04 bits per heavy atom. The number of hydrogen-bond donors (Lipinski definition) is 2. The minimum absolute atomic E-state index is 0. The van der Waals surface area contributed by atoms with Gasteiger partial charge >= 0.3 is 0 Å². The number of halogens is 1. The second kappa shape index (κ2) is 8.69. The number of carbonyl (C=O) groups excluding carboxylic acids is 1. The predicted octanol–water partition coefficient (Wildman–Crippen LogP) is 2.54. The summed E-state index contributed by atoms with van der Waals surface area (Å²) in [5.41, 5.74) is 0.520. The first-order valence-electron chi connectivity index (χ1n) is 10.1. The van der Waals surface area contributed by atoms with Crippen molar-refractivity contribution in [3.63, 3.8) is 0 Å². The van der Waals surface area contributed by atoms with E-state index >= 15 is 0 Å². The lowest BCUT2D eigenvalue weighted by Crippen LogP contribution is -2.48. The number of sulfonamides is 1. The van der Waals surface area contributed by atoms with Gasteiger partial charge in [0.1, 0.15) is 0 Å². The second-order valence-electron chi connectivity index (χ2n) is 8.39. The molecule has 0 saturated carbocycles. The molecule has 3 aliphatic rings. The Morgan fingerprint density at radius 3 is 2.18 bits per heavy atom. The number of nitrogens with one attached hydrogen (secondary N) is 2. The van der Waals surface area contributed by atoms with Crippen LogP contribution in [0.5, 0.6) is 0 Å². The number of hydrogen-bond acceptors (Lipinski definition) is 4. The molecule has 156 valence electrons. The molecule has 3 fully saturated rings. The van der Waals surface area contributed by atoms with Crippen LogP contribution in [-0.2, 0) is 10.0 Å². The van der Waals surface area contributed by atoms with E-state index in [1.807, 2.05) is 0 Å². The van der Waals surface area contributed by atoms with Gasteiger partial charge in [-0.05, 0) is 68.7 Å². The van der Waals surface area contributed by atoms with Crippen molar-refractivity contribution in [2.45, 2.75) is 68.5 Å². The van der Waals surface area contributed by atoms with Crippen LogP contribution in [-0.4, -0.2) is 49.8 Å². The maximum Gasteiger partial charge on any atom is 0.251 e. The molecule has 0 spiro atoms. The number of nitrogens with zero attached hydrogens (tertiary/aromatic N) is 1. The van der Waals surface area contributed by atoms with Gasteiger partial charge in [0.05, 0.1) is 4.90 Å². The van der Waals surface area contributed by atoms with Crippen LogP contribution in [0.15, 0.2) is 29.2 Å². The standard InChI is InChI=1S/C20H29N3O3S.ClH/c1-14-8-10-23(11-9-14)27(25,26)19-6-2-15(3-7-19)20(24)22-18-12-16-4-5-17(13-18)21-16;/h2-3,6-7,14,16-18,21H,4-5,8-13H2,1H3,(H,22,24);1H. The molecule has 1 aromatic carbocycles. The number of piperidine rings is 2. The van der Waals surface area contributed by atoms with Gasteiger partial charge < -0.3 is 10.6 Å². The maximum absolute atomic E-state index is 12.8. The van der Waals surface area contributed by atoms with Gasteiger partial charge in [-0.15, -0.1) is 12.4 Å². The van der Waals surface area contributed by atoms with Crippen molar-refractivity contribution >= 4 is 28.3 Å². The second-order valence-corrected chi connectivity index (χ2v) is 10.3. The summed E-state index contributed by atoms with van der Waals surface area (Å²) in [5, 5.41) is 6.69. The van der Waals surface area contributed by atoms with Crippen molar-refractivity contribution in [2.75, 3.05) is 13.1 Å². The molecule has 4 rings (SSSR count). The zero-order valence-corrected chi connectivity index (χ0v) is 17.9. The summed E-state index contributed by atoms with van der Waals surface area (Å²) in [4.78, 5) is 12.8.